The zero-order valence-electron chi connectivity index (χ0n) is 10.9. The zero-order valence-corrected chi connectivity index (χ0v) is 10.9. The summed E-state index contributed by atoms with van der Waals surface area (Å²) in [4.78, 5) is 14.8. The van der Waals surface area contributed by atoms with E-state index in [0.717, 1.165) is 26.1 Å². The van der Waals surface area contributed by atoms with Gasteiger partial charge in [-0.25, -0.2) is 4.39 Å². The Labute approximate surface area is 107 Å². The molecule has 2 rings (SSSR count). The Balaban J connectivity index is 2.04. The molecule has 1 heterocycles. The fraction of sp³-hybridized carbons (Fsp3) is 0.500. The molecule has 1 unspecified atom stereocenters. The number of hydrogen-bond acceptors (Lipinski definition) is 3. The smallest absolute Gasteiger partial charge is 0.150 e. The van der Waals surface area contributed by atoms with Gasteiger partial charge >= 0.3 is 0 Å². The summed E-state index contributed by atoms with van der Waals surface area (Å²) >= 11 is 0. The molecular formula is C14H19FN2O. The van der Waals surface area contributed by atoms with Crippen LogP contribution in [-0.4, -0.2) is 44.9 Å². The third kappa shape index (κ3) is 2.88. The third-order valence-corrected chi connectivity index (χ3v) is 3.54. The van der Waals surface area contributed by atoms with Crippen LogP contribution in [0, 0.1) is 11.7 Å². The summed E-state index contributed by atoms with van der Waals surface area (Å²) in [5.74, 6) is 0.263. The number of nitrogens with zero attached hydrogens (tertiary/aromatic N) is 2. The van der Waals surface area contributed by atoms with E-state index in [-0.39, 0.29) is 5.82 Å². The Morgan fingerprint density at radius 1 is 1.56 bits per heavy atom. The number of hydrogen-bond donors (Lipinski definition) is 0. The fourth-order valence-corrected chi connectivity index (χ4v) is 2.57. The Kier molecular flexibility index (Phi) is 3.97. The largest absolute Gasteiger partial charge is 0.372 e. The van der Waals surface area contributed by atoms with E-state index in [1.807, 2.05) is 11.9 Å². The summed E-state index contributed by atoms with van der Waals surface area (Å²) in [5.41, 5.74) is 0.945. The molecule has 1 aromatic carbocycles. The lowest BCUT2D eigenvalue weighted by molar-refractivity contribution is 0.112. The van der Waals surface area contributed by atoms with E-state index in [4.69, 9.17) is 0 Å². The van der Waals surface area contributed by atoms with Gasteiger partial charge in [0.05, 0.1) is 5.69 Å². The summed E-state index contributed by atoms with van der Waals surface area (Å²) in [6.45, 7) is 3.03. The molecule has 1 aliphatic rings. The van der Waals surface area contributed by atoms with Crippen LogP contribution in [0.5, 0.6) is 0 Å². The molecule has 1 aromatic rings. The van der Waals surface area contributed by atoms with Crippen molar-refractivity contribution in [2.24, 2.45) is 5.92 Å². The molecule has 0 amide bonds. The first kappa shape index (κ1) is 13.0. The van der Waals surface area contributed by atoms with Gasteiger partial charge in [0.1, 0.15) is 12.1 Å². The predicted molar refractivity (Wildman–Crippen MR) is 70.7 cm³/mol. The molecule has 98 valence electrons. The van der Waals surface area contributed by atoms with E-state index in [2.05, 4.69) is 11.9 Å². The van der Waals surface area contributed by atoms with Crippen molar-refractivity contribution in [2.45, 2.75) is 6.42 Å². The lowest BCUT2D eigenvalue weighted by Gasteiger charge is -2.23. The second-order valence-corrected chi connectivity index (χ2v) is 5.13. The van der Waals surface area contributed by atoms with Crippen molar-refractivity contribution in [3.63, 3.8) is 0 Å². The van der Waals surface area contributed by atoms with Crippen molar-refractivity contribution in [3.05, 3.63) is 29.6 Å². The molecule has 1 fully saturated rings. The molecule has 0 radical (unpaired) electrons. The molecule has 0 aromatic heterocycles. The number of rotatable bonds is 4. The van der Waals surface area contributed by atoms with Gasteiger partial charge in [-0.1, -0.05) is 0 Å². The molecule has 18 heavy (non-hydrogen) atoms. The van der Waals surface area contributed by atoms with Crippen LogP contribution < -0.4 is 4.90 Å². The predicted octanol–water partition coefficient (Wildman–Crippen LogP) is 2.03. The lowest BCUT2D eigenvalue weighted by Crippen LogP contribution is -2.27. The first-order chi connectivity index (χ1) is 8.60. The molecule has 0 spiro atoms. The highest BCUT2D eigenvalue weighted by atomic mass is 19.1. The van der Waals surface area contributed by atoms with Gasteiger partial charge in [0.15, 0.2) is 0 Å². The highest BCUT2D eigenvalue weighted by Gasteiger charge is 2.21. The number of likely N-dealkylation sites (tertiary alicyclic amines) is 1. The SMILES string of the molecule is CN1CCC(CN(C)c2ccc(C=O)cc2F)C1. The minimum Gasteiger partial charge on any atom is -0.372 e. The summed E-state index contributed by atoms with van der Waals surface area (Å²) in [7, 11) is 4.01. The quantitative estimate of drug-likeness (QED) is 0.764. The maximum atomic E-state index is 13.8. The molecule has 0 saturated carbocycles. The van der Waals surface area contributed by atoms with Crippen molar-refractivity contribution in [1.29, 1.82) is 0 Å². The Morgan fingerprint density at radius 3 is 2.89 bits per heavy atom. The molecular weight excluding hydrogens is 231 g/mol. The van der Waals surface area contributed by atoms with Crippen molar-refractivity contribution in [3.8, 4) is 0 Å². The average molecular weight is 250 g/mol. The highest BCUT2D eigenvalue weighted by Crippen LogP contribution is 2.22. The number of halogens is 1. The summed E-state index contributed by atoms with van der Waals surface area (Å²) in [6.07, 6.45) is 1.83. The van der Waals surface area contributed by atoms with Crippen LogP contribution in [0.3, 0.4) is 0 Å². The number of anilines is 1. The van der Waals surface area contributed by atoms with Crippen LogP contribution in [0.15, 0.2) is 18.2 Å². The van der Waals surface area contributed by atoms with Crippen molar-refractivity contribution in [2.75, 3.05) is 38.6 Å². The highest BCUT2D eigenvalue weighted by molar-refractivity contribution is 5.75. The van der Waals surface area contributed by atoms with E-state index in [1.165, 1.54) is 6.07 Å². The maximum absolute atomic E-state index is 13.8. The molecule has 1 atom stereocenters. The molecule has 0 N–H and O–H groups in total. The Morgan fingerprint density at radius 2 is 2.33 bits per heavy atom. The van der Waals surface area contributed by atoms with Crippen LogP contribution in [0.4, 0.5) is 10.1 Å². The van der Waals surface area contributed by atoms with Crippen molar-refractivity contribution < 1.29 is 9.18 Å². The first-order valence-electron chi connectivity index (χ1n) is 6.24. The van der Waals surface area contributed by atoms with Gasteiger partial charge in [-0.05, 0) is 44.1 Å². The van der Waals surface area contributed by atoms with Gasteiger partial charge in [-0.15, -0.1) is 0 Å². The first-order valence-corrected chi connectivity index (χ1v) is 6.24. The van der Waals surface area contributed by atoms with E-state index < -0.39 is 0 Å². The Bertz CT molecular complexity index is 436. The molecule has 0 aliphatic carbocycles. The van der Waals surface area contributed by atoms with E-state index >= 15 is 0 Å². The van der Waals surface area contributed by atoms with Crippen LogP contribution in [-0.2, 0) is 0 Å². The lowest BCUT2D eigenvalue weighted by atomic mass is 10.1. The minimum atomic E-state index is -0.326. The normalized spacial score (nSPS) is 20.1. The molecule has 1 saturated heterocycles. The number of aldehydes is 1. The summed E-state index contributed by atoms with van der Waals surface area (Å²) < 4.78 is 13.8. The van der Waals surface area contributed by atoms with E-state index in [1.54, 1.807) is 12.1 Å². The number of benzene rings is 1. The monoisotopic (exact) mass is 250 g/mol. The van der Waals surface area contributed by atoms with Gasteiger partial charge < -0.3 is 9.80 Å². The zero-order chi connectivity index (χ0) is 13.1. The summed E-state index contributed by atoms with van der Waals surface area (Å²) in [5, 5.41) is 0. The Hall–Kier alpha value is -1.42. The topological polar surface area (TPSA) is 23.6 Å². The molecule has 0 bridgehead atoms. The second-order valence-electron chi connectivity index (χ2n) is 5.13. The molecule has 3 nitrogen and oxygen atoms in total. The molecule has 1 aliphatic heterocycles. The number of carbonyl (C=O) groups is 1. The van der Waals surface area contributed by atoms with Gasteiger partial charge in [0, 0.05) is 25.7 Å². The van der Waals surface area contributed by atoms with Gasteiger partial charge in [0.25, 0.3) is 0 Å². The third-order valence-electron chi connectivity index (χ3n) is 3.54. The number of carbonyl (C=O) groups excluding carboxylic acids is 1. The van der Waals surface area contributed by atoms with Gasteiger partial charge in [0.2, 0.25) is 0 Å². The summed E-state index contributed by atoms with van der Waals surface area (Å²) in [6, 6.07) is 4.63. The van der Waals surface area contributed by atoms with E-state index in [0.29, 0.717) is 23.5 Å². The minimum absolute atomic E-state index is 0.326. The van der Waals surface area contributed by atoms with Gasteiger partial charge in [-0.2, -0.15) is 0 Å². The van der Waals surface area contributed by atoms with Crippen LogP contribution in [0.1, 0.15) is 16.8 Å². The van der Waals surface area contributed by atoms with Crippen molar-refractivity contribution >= 4 is 12.0 Å². The van der Waals surface area contributed by atoms with E-state index in [9.17, 15) is 9.18 Å². The van der Waals surface area contributed by atoms with Gasteiger partial charge in [-0.3, -0.25) is 4.79 Å². The average Bonchev–Trinajstić information content (AvgIpc) is 2.74. The fourth-order valence-electron chi connectivity index (χ4n) is 2.57. The van der Waals surface area contributed by atoms with Crippen LogP contribution >= 0.6 is 0 Å². The van der Waals surface area contributed by atoms with Crippen LogP contribution in [0.25, 0.3) is 0 Å². The molecule has 4 heteroatoms. The second kappa shape index (κ2) is 5.48. The van der Waals surface area contributed by atoms with Crippen molar-refractivity contribution in [1.82, 2.24) is 4.90 Å². The standard InChI is InChI=1S/C14H19FN2O/c1-16-6-5-12(8-16)9-17(2)14-4-3-11(10-18)7-13(14)15/h3-4,7,10,12H,5-6,8-9H2,1-2H3. The maximum Gasteiger partial charge on any atom is 0.150 e. The van der Waals surface area contributed by atoms with Crippen LogP contribution in [0.2, 0.25) is 0 Å².